The molecule has 1 saturated heterocycles. The van der Waals surface area contributed by atoms with E-state index in [-0.39, 0.29) is 11.5 Å². The third kappa shape index (κ3) is 3.03. The van der Waals surface area contributed by atoms with Gasteiger partial charge in [0.05, 0.1) is 11.2 Å². The van der Waals surface area contributed by atoms with Gasteiger partial charge in [-0.15, -0.1) is 0 Å². The zero-order chi connectivity index (χ0) is 21.9. The summed E-state index contributed by atoms with van der Waals surface area (Å²) >= 11 is 6.31. The second-order valence-corrected chi connectivity index (χ2v) is 9.67. The Bertz CT molecular complexity index is 1320. The number of nitrogens with zero attached hydrogens (tertiary/aromatic N) is 4. The lowest BCUT2D eigenvalue weighted by atomic mass is 9.73. The number of benzene rings is 2. The van der Waals surface area contributed by atoms with Crippen molar-refractivity contribution in [3.8, 4) is 5.69 Å². The number of hydrogen-bond acceptors (Lipinski definition) is 4. The molecule has 1 aliphatic heterocycles. The Balaban J connectivity index is 1.24. The first-order valence-electron chi connectivity index (χ1n) is 11.2. The first kappa shape index (κ1) is 19.8. The monoisotopic (exact) mass is 443 g/mol. The molecule has 2 N–H and O–H groups in total. The van der Waals surface area contributed by atoms with E-state index in [4.69, 9.17) is 27.4 Å². The van der Waals surface area contributed by atoms with Crippen molar-refractivity contribution in [1.29, 1.82) is 0 Å². The van der Waals surface area contributed by atoms with Crippen LogP contribution in [0.15, 0.2) is 60.9 Å². The van der Waals surface area contributed by atoms with Crippen LogP contribution in [0.2, 0.25) is 5.02 Å². The molecular weight excluding hydrogens is 418 g/mol. The van der Waals surface area contributed by atoms with Gasteiger partial charge >= 0.3 is 0 Å². The van der Waals surface area contributed by atoms with Gasteiger partial charge in [-0.05, 0) is 60.4 Å². The number of rotatable bonds is 2. The molecule has 2 aromatic heterocycles. The van der Waals surface area contributed by atoms with Gasteiger partial charge in [-0.2, -0.15) is 5.10 Å². The first-order valence-corrected chi connectivity index (χ1v) is 11.6. The number of piperidine rings is 1. The van der Waals surface area contributed by atoms with Crippen molar-refractivity contribution in [3.05, 3.63) is 82.6 Å². The standard InChI is InChI=1S/C26H26ClN5/c1-17-21(27)7-4-8-23(17)32-16-19-15-29-24(13-22(19)30-32)31-11-9-26(10-12-31)14-18-5-2-3-6-20(18)25(26)28/h2-8,13,15-16,25H,9-12,14,28H2,1H3/t25-/m1/s1. The molecule has 5 nitrogen and oxygen atoms in total. The second kappa shape index (κ2) is 7.32. The highest BCUT2D eigenvalue weighted by atomic mass is 35.5. The van der Waals surface area contributed by atoms with Crippen molar-refractivity contribution in [3.63, 3.8) is 0 Å². The molecule has 4 aromatic rings. The van der Waals surface area contributed by atoms with Crippen LogP contribution in [-0.2, 0) is 6.42 Å². The van der Waals surface area contributed by atoms with Crippen LogP contribution < -0.4 is 10.6 Å². The maximum Gasteiger partial charge on any atom is 0.130 e. The van der Waals surface area contributed by atoms with E-state index in [9.17, 15) is 0 Å². The maximum absolute atomic E-state index is 6.74. The molecule has 1 atom stereocenters. The molecule has 0 unspecified atom stereocenters. The maximum atomic E-state index is 6.74. The predicted molar refractivity (Wildman–Crippen MR) is 130 cm³/mol. The van der Waals surface area contributed by atoms with E-state index in [2.05, 4.69) is 35.2 Å². The lowest BCUT2D eigenvalue weighted by molar-refractivity contribution is 0.187. The average molecular weight is 444 g/mol. The number of anilines is 1. The van der Waals surface area contributed by atoms with Crippen LogP contribution in [0.25, 0.3) is 16.6 Å². The van der Waals surface area contributed by atoms with E-state index in [0.29, 0.717) is 0 Å². The summed E-state index contributed by atoms with van der Waals surface area (Å²) in [4.78, 5) is 7.15. The van der Waals surface area contributed by atoms with E-state index >= 15 is 0 Å². The average Bonchev–Trinajstić information content (AvgIpc) is 3.35. The van der Waals surface area contributed by atoms with E-state index < -0.39 is 0 Å². The number of aromatic nitrogens is 3. The van der Waals surface area contributed by atoms with Crippen molar-refractivity contribution in [2.75, 3.05) is 18.0 Å². The molecule has 1 fully saturated rings. The fourth-order valence-electron chi connectivity index (χ4n) is 5.53. The van der Waals surface area contributed by atoms with Crippen molar-refractivity contribution in [2.45, 2.75) is 32.2 Å². The van der Waals surface area contributed by atoms with Gasteiger partial charge in [-0.25, -0.2) is 9.67 Å². The summed E-state index contributed by atoms with van der Waals surface area (Å²) in [5.74, 6) is 0.990. The number of fused-ring (bicyclic) bond motifs is 2. The number of halogens is 1. The molecule has 2 aliphatic rings. The van der Waals surface area contributed by atoms with Crippen molar-refractivity contribution >= 4 is 28.3 Å². The van der Waals surface area contributed by atoms with E-state index in [1.165, 1.54) is 11.1 Å². The Morgan fingerprint density at radius 2 is 1.91 bits per heavy atom. The molecule has 0 amide bonds. The Hall–Kier alpha value is -2.89. The van der Waals surface area contributed by atoms with Gasteiger partial charge in [-0.1, -0.05) is 41.9 Å². The minimum atomic E-state index is 0.132. The van der Waals surface area contributed by atoms with Crippen LogP contribution in [0.5, 0.6) is 0 Å². The van der Waals surface area contributed by atoms with Crippen molar-refractivity contribution in [2.24, 2.45) is 11.1 Å². The van der Waals surface area contributed by atoms with Crippen LogP contribution >= 0.6 is 11.6 Å². The van der Waals surface area contributed by atoms with Gasteiger partial charge in [-0.3, -0.25) is 0 Å². The number of hydrogen-bond donors (Lipinski definition) is 1. The molecule has 3 heterocycles. The topological polar surface area (TPSA) is 60.0 Å². The van der Waals surface area contributed by atoms with Crippen molar-refractivity contribution < 1.29 is 0 Å². The van der Waals surface area contributed by atoms with Gasteiger partial charge in [0.25, 0.3) is 0 Å². The summed E-state index contributed by atoms with van der Waals surface area (Å²) in [5.41, 5.74) is 12.6. The quantitative estimate of drug-likeness (QED) is 0.461. The molecule has 0 radical (unpaired) electrons. The summed E-state index contributed by atoms with van der Waals surface area (Å²) in [6, 6.07) is 16.8. The smallest absolute Gasteiger partial charge is 0.130 e. The highest BCUT2D eigenvalue weighted by Crippen LogP contribution is 2.50. The summed E-state index contributed by atoms with van der Waals surface area (Å²) in [5, 5.41) is 6.59. The fourth-order valence-corrected chi connectivity index (χ4v) is 5.70. The summed E-state index contributed by atoms with van der Waals surface area (Å²) in [6.07, 6.45) is 7.20. The van der Waals surface area contributed by atoms with Gasteiger partial charge in [0.1, 0.15) is 5.82 Å². The normalized spacial score (nSPS) is 19.6. The SMILES string of the molecule is Cc1c(Cl)cccc1-n1cc2cnc(N3CCC4(CC3)Cc3ccccc3[C@H]4N)cc2n1. The molecule has 0 saturated carbocycles. The van der Waals surface area contributed by atoms with Crippen molar-refractivity contribution in [1.82, 2.24) is 14.8 Å². The Morgan fingerprint density at radius 1 is 1.09 bits per heavy atom. The Labute approximate surface area is 192 Å². The molecule has 162 valence electrons. The summed E-state index contributed by atoms with van der Waals surface area (Å²) in [7, 11) is 0. The van der Waals surface area contributed by atoms with Crippen LogP contribution in [-0.4, -0.2) is 27.9 Å². The highest BCUT2D eigenvalue weighted by Gasteiger charge is 2.45. The zero-order valence-corrected chi connectivity index (χ0v) is 18.9. The first-order chi connectivity index (χ1) is 15.5. The van der Waals surface area contributed by atoms with Gasteiger partial charge in [0, 0.05) is 48.0 Å². The number of nitrogens with two attached hydrogens (primary N) is 1. The lowest BCUT2D eigenvalue weighted by Gasteiger charge is -2.42. The molecular formula is C26H26ClN5. The highest BCUT2D eigenvalue weighted by molar-refractivity contribution is 6.31. The summed E-state index contributed by atoms with van der Waals surface area (Å²) in [6.45, 7) is 3.95. The molecule has 32 heavy (non-hydrogen) atoms. The third-order valence-corrected chi connectivity index (χ3v) is 7.95. The Kier molecular flexibility index (Phi) is 4.52. The second-order valence-electron chi connectivity index (χ2n) is 9.26. The molecule has 1 spiro atoms. The minimum Gasteiger partial charge on any atom is -0.357 e. The fraction of sp³-hybridized carbons (Fsp3) is 0.308. The lowest BCUT2D eigenvalue weighted by Crippen LogP contribution is -2.44. The molecule has 2 aromatic carbocycles. The van der Waals surface area contributed by atoms with E-state index in [0.717, 1.165) is 65.3 Å². The summed E-state index contributed by atoms with van der Waals surface area (Å²) < 4.78 is 1.90. The molecule has 6 rings (SSSR count). The molecule has 6 heteroatoms. The van der Waals surface area contributed by atoms with Gasteiger partial charge < -0.3 is 10.6 Å². The van der Waals surface area contributed by atoms with Crippen LogP contribution in [0, 0.1) is 12.3 Å². The predicted octanol–water partition coefficient (Wildman–Crippen LogP) is 5.23. The van der Waals surface area contributed by atoms with E-state index in [1.807, 2.05) is 42.2 Å². The number of pyridine rings is 1. The van der Waals surface area contributed by atoms with Crippen LogP contribution in [0.3, 0.4) is 0 Å². The van der Waals surface area contributed by atoms with Crippen LogP contribution in [0.1, 0.15) is 35.6 Å². The largest absolute Gasteiger partial charge is 0.357 e. The zero-order valence-electron chi connectivity index (χ0n) is 18.1. The third-order valence-electron chi connectivity index (χ3n) is 7.54. The van der Waals surface area contributed by atoms with Gasteiger partial charge in [0.2, 0.25) is 0 Å². The molecule has 1 aliphatic carbocycles. The van der Waals surface area contributed by atoms with Crippen LogP contribution in [0.4, 0.5) is 5.82 Å². The Morgan fingerprint density at radius 3 is 2.72 bits per heavy atom. The molecule has 0 bridgehead atoms. The minimum absolute atomic E-state index is 0.132. The van der Waals surface area contributed by atoms with E-state index in [1.54, 1.807) is 0 Å². The van der Waals surface area contributed by atoms with Gasteiger partial charge in [0.15, 0.2) is 0 Å².